The zero-order valence-corrected chi connectivity index (χ0v) is 20.6. The van der Waals surface area contributed by atoms with E-state index in [2.05, 4.69) is 16.0 Å². The number of nitrogens with one attached hydrogen (secondary N) is 3. The van der Waals surface area contributed by atoms with Crippen molar-refractivity contribution in [1.82, 2.24) is 16.0 Å². The van der Waals surface area contributed by atoms with Crippen LogP contribution >= 0.6 is 12.4 Å². The molecule has 2 unspecified atom stereocenters. The number of carbonyl (C=O) groups excluding carboxylic acids is 5. The number of halogens is 1. The number of hydrogen-bond donors (Lipinski definition) is 4. The summed E-state index contributed by atoms with van der Waals surface area (Å²) in [6.07, 6.45) is 2.01. The molecule has 0 bridgehead atoms. The maximum Gasteiger partial charge on any atom is 0.373 e. The molecule has 3 amide bonds. The Kier molecular flexibility index (Phi) is 11.8. The molecule has 5 N–H and O–H groups in total. The molecule has 0 fully saturated rings. The minimum Gasteiger partial charge on any atom is -0.351 e. The van der Waals surface area contributed by atoms with Crippen molar-refractivity contribution in [2.45, 2.75) is 57.8 Å². The summed E-state index contributed by atoms with van der Waals surface area (Å²) in [6, 6.07) is 15.5. The van der Waals surface area contributed by atoms with E-state index in [9.17, 15) is 14.4 Å². The first-order chi connectivity index (χ1) is 16.3. The van der Waals surface area contributed by atoms with Gasteiger partial charge in [0.25, 0.3) is 0 Å². The molecular weight excluding hydrogens is 472 g/mol. The normalized spacial score (nSPS) is 19.9. The van der Waals surface area contributed by atoms with Gasteiger partial charge in [0, 0.05) is 26.4 Å². The van der Waals surface area contributed by atoms with E-state index in [-0.39, 0.29) is 36.3 Å². The molecule has 9 nitrogen and oxygen atoms in total. The maximum absolute atomic E-state index is 12.2. The Morgan fingerprint density at radius 3 is 2.03 bits per heavy atom. The third-order valence-electron chi connectivity index (χ3n) is 5.85. The lowest BCUT2D eigenvalue weighted by atomic mass is 9.87. The van der Waals surface area contributed by atoms with Gasteiger partial charge in [0.15, 0.2) is 0 Å². The van der Waals surface area contributed by atoms with Gasteiger partial charge in [-0.1, -0.05) is 55.5 Å². The van der Waals surface area contributed by atoms with E-state index in [1.807, 2.05) is 55.5 Å². The molecule has 4 rings (SSSR count). The summed E-state index contributed by atoms with van der Waals surface area (Å²) in [5.74, 6) is -0.334. The number of nitrogens with two attached hydrogens (primary N) is 1. The third-order valence-corrected chi connectivity index (χ3v) is 5.85. The summed E-state index contributed by atoms with van der Waals surface area (Å²) >= 11 is 0. The molecule has 35 heavy (non-hydrogen) atoms. The zero-order chi connectivity index (χ0) is 25.1. The van der Waals surface area contributed by atoms with Crippen molar-refractivity contribution in [3.63, 3.8) is 0 Å². The minimum absolute atomic E-state index is 0. The lowest BCUT2D eigenvalue weighted by Crippen LogP contribution is -2.58. The van der Waals surface area contributed by atoms with Crippen LogP contribution in [0, 0.1) is 0 Å². The number of rotatable bonds is 2. The Labute approximate surface area is 210 Å². The van der Waals surface area contributed by atoms with Crippen LogP contribution in [-0.2, 0) is 49.9 Å². The van der Waals surface area contributed by atoms with E-state index in [4.69, 9.17) is 15.3 Å². The second kappa shape index (κ2) is 14.0. The van der Waals surface area contributed by atoms with Crippen LogP contribution in [0.25, 0.3) is 0 Å². The molecular formula is C25H31ClN4O5. The molecule has 2 aromatic carbocycles. The van der Waals surface area contributed by atoms with Crippen LogP contribution < -0.4 is 21.7 Å². The first-order valence-electron chi connectivity index (χ1n) is 11.0. The lowest BCUT2D eigenvalue weighted by Gasteiger charge is -2.30. The Morgan fingerprint density at radius 1 is 1.00 bits per heavy atom. The van der Waals surface area contributed by atoms with Crippen molar-refractivity contribution in [1.29, 1.82) is 0 Å². The first-order valence-corrected chi connectivity index (χ1v) is 11.0. The summed E-state index contributed by atoms with van der Waals surface area (Å²) in [5, 5.41) is 8.51. The van der Waals surface area contributed by atoms with Crippen LogP contribution in [0.4, 0.5) is 0 Å². The molecule has 2 aromatic rings. The van der Waals surface area contributed by atoms with Gasteiger partial charge in [-0.25, -0.2) is 0 Å². The number of benzene rings is 2. The molecule has 2 aliphatic rings. The second-order valence-corrected chi connectivity index (χ2v) is 8.13. The highest BCUT2D eigenvalue weighted by Crippen LogP contribution is 2.24. The largest absolute Gasteiger partial charge is 0.373 e. The highest BCUT2D eigenvalue weighted by Gasteiger charge is 2.39. The average Bonchev–Trinajstić information content (AvgIpc) is 3.05. The predicted octanol–water partition coefficient (Wildman–Crippen LogP) is 1.17. The van der Waals surface area contributed by atoms with Gasteiger partial charge in [-0.2, -0.15) is 9.59 Å². The van der Waals surface area contributed by atoms with Gasteiger partial charge in [-0.15, -0.1) is 12.4 Å². The number of amides is 3. The molecule has 2 heterocycles. The molecule has 10 heteroatoms. The van der Waals surface area contributed by atoms with Gasteiger partial charge in [0.1, 0.15) is 5.54 Å². The van der Waals surface area contributed by atoms with Crippen LogP contribution in [0.2, 0.25) is 0 Å². The van der Waals surface area contributed by atoms with E-state index < -0.39 is 11.6 Å². The van der Waals surface area contributed by atoms with Gasteiger partial charge < -0.3 is 21.7 Å². The van der Waals surface area contributed by atoms with E-state index in [0.717, 1.165) is 11.1 Å². The van der Waals surface area contributed by atoms with Crippen molar-refractivity contribution in [3.05, 3.63) is 70.8 Å². The third kappa shape index (κ3) is 8.03. The standard InChI is InChI=1S/C14H18N2O2.C10H12N2O.CO2.ClH/c1-3-14(16-10(2)17)8-11-6-4-5-7-12(11)9-15-13(14)18;11-9-5-7-3-1-2-4-8(7)6-12-10(9)13;2-1-3;/h4-7H,3,8-9H2,1-2H3,(H,15,18)(H,16,17);1-4,9H,5-6,11H2,(H,12,13);;1H. The molecule has 0 saturated carbocycles. The second-order valence-electron chi connectivity index (χ2n) is 8.13. The fourth-order valence-corrected chi connectivity index (χ4v) is 4.04. The van der Waals surface area contributed by atoms with Crippen LogP contribution in [0.1, 0.15) is 42.5 Å². The van der Waals surface area contributed by atoms with Gasteiger partial charge in [-0.05, 0) is 35.1 Å². The smallest absolute Gasteiger partial charge is 0.351 e. The van der Waals surface area contributed by atoms with Crippen molar-refractivity contribution < 1.29 is 24.0 Å². The minimum atomic E-state index is -0.821. The van der Waals surface area contributed by atoms with Gasteiger partial charge in [0.05, 0.1) is 6.04 Å². The summed E-state index contributed by atoms with van der Waals surface area (Å²) in [6.45, 7) is 4.49. The Hall–Kier alpha value is -3.52. The number of fused-ring (bicyclic) bond motifs is 2. The Morgan fingerprint density at radius 2 is 1.49 bits per heavy atom. The molecule has 2 atom stereocenters. The van der Waals surface area contributed by atoms with Gasteiger partial charge in [-0.3, -0.25) is 14.4 Å². The monoisotopic (exact) mass is 502 g/mol. The summed E-state index contributed by atoms with van der Waals surface area (Å²) in [7, 11) is 0. The van der Waals surface area contributed by atoms with Gasteiger partial charge in [0.2, 0.25) is 17.7 Å². The van der Waals surface area contributed by atoms with Crippen molar-refractivity contribution in [2.75, 3.05) is 0 Å². The van der Waals surface area contributed by atoms with Crippen LogP contribution in [-0.4, -0.2) is 35.5 Å². The van der Waals surface area contributed by atoms with E-state index >= 15 is 0 Å². The molecule has 0 aliphatic carbocycles. The molecule has 0 radical (unpaired) electrons. The predicted molar refractivity (Wildman–Crippen MR) is 131 cm³/mol. The molecule has 2 aliphatic heterocycles. The summed E-state index contributed by atoms with van der Waals surface area (Å²) in [5.41, 5.74) is 9.44. The van der Waals surface area contributed by atoms with Crippen LogP contribution in [0.5, 0.6) is 0 Å². The highest BCUT2D eigenvalue weighted by molar-refractivity contribution is 5.91. The van der Waals surface area contributed by atoms with Gasteiger partial charge >= 0.3 is 6.15 Å². The maximum atomic E-state index is 12.2. The zero-order valence-electron chi connectivity index (χ0n) is 19.8. The van der Waals surface area contributed by atoms with Crippen LogP contribution in [0.3, 0.4) is 0 Å². The molecule has 0 aromatic heterocycles. The lowest BCUT2D eigenvalue weighted by molar-refractivity contribution is -0.191. The van der Waals surface area contributed by atoms with E-state index in [0.29, 0.717) is 32.4 Å². The Balaban J connectivity index is 0.000000318. The SMILES string of the molecule is CCC1(NC(C)=O)Cc2ccccc2CNC1=O.Cl.NC1Cc2ccccc2CNC1=O.O=C=O. The topological polar surface area (TPSA) is 147 Å². The fourth-order valence-electron chi connectivity index (χ4n) is 4.04. The van der Waals surface area contributed by atoms with E-state index in [1.165, 1.54) is 18.1 Å². The summed E-state index contributed by atoms with van der Waals surface area (Å²) in [4.78, 5) is 51.1. The molecule has 188 valence electrons. The number of hydrogen-bond acceptors (Lipinski definition) is 6. The number of carbonyl (C=O) groups is 3. The average molecular weight is 503 g/mol. The van der Waals surface area contributed by atoms with Crippen LogP contribution in [0.15, 0.2) is 48.5 Å². The molecule has 0 spiro atoms. The summed E-state index contributed by atoms with van der Waals surface area (Å²) < 4.78 is 0. The highest BCUT2D eigenvalue weighted by atomic mass is 35.5. The quantitative estimate of drug-likeness (QED) is 0.484. The molecule has 0 saturated heterocycles. The van der Waals surface area contributed by atoms with Crippen molar-refractivity contribution in [3.8, 4) is 0 Å². The van der Waals surface area contributed by atoms with Crippen molar-refractivity contribution in [2.24, 2.45) is 5.73 Å². The van der Waals surface area contributed by atoms with E-state index in [1.54, 1.807) is 0 Å². The first kappa shape index (κ1) is 29.5. The fraction of sp³-hybridized carbons (Fsp3) is 0.360. The van der Waals surface area contributed by atoms with Crippen molar-refractivity contribution >= 4 is 36.3 Å². The Bertz CT molecular complexity index is 1070.